The second-order valence-electron chi connectivity index (χ2n) is 4.30. The molecule has 3 nitrogen and oxygen atoms in total. The molecule has 0 spiro atoms. The summed E-state index contributed by atoms with van der Waals surface area (Å²) in [7, 11) is 3.55. The lowest BCUT2D eigenvalue weighted by Gasteiger charge is -2.17. The van der Waals surface area contributed by atoms with Crippen molar-refractivity contribution in [2.45, 2.75) is 26.7 Å². The van der Waals surface area contributed by atoms with E-state index in [9.17, 15) is 4.79 Å². The number of carbonyl (C=O) groups is 1. The molecule has 0 fully saturated rings. The van der Waals surface area contributed by atoms with E-state index in [-0.39, 0.29) is 5.91 Å². The van der Waals surface area contributed by atoms with Crippen LogP contribution >= 0.6 is 0 Å². The Hall–Kier alpha value is -1.51. The van der Waals surface area contributed by atoms with Crippen LogP contribution in [0, 0.1) is 0 Å². The Morgan fingerprint density at radius 3 is 2.12 bits per heavy atom. The Balaban J connectivity index is 2.84. The van der Waals surface area contributed by atoms with Gasteiger partial charge in [-0.1, -0.05) is 32.0 Å². The maximum absolute atomic E-state index is 11.6. The summed E-state index contributed by atoms with van der Waals surface area (Å²) in [5, 5.41) is 3.27. The van der Waals surface area contributed by atoms with Crippen LogP contribution in [0.5, 0.6) is 0 Å². The zero-order valence-electron chi connectivity index (χ0n) is 11.2. The number of nitrogens with zero attached hydrogens (tertiary/aromatic N) is 1. The SMILES string of the molecule is CCc1cccc(CC)c1NCC(=O)N(C)C. The van der Waals surface area contributed by atoms with Gasteiger partial charge in [0.05, 0.1) is 6.54 Å². The number of hydrogen-bond acceptors (Lipinski definition) is 2. The first-order valence-electron chi connectivity index (χ1n) is 6.14. The van der Waals surface area contributed by atoms with Crippen molar-refractivity contribution in [1.82, 2.24) is 4.90 Å². The summed E-state index contributed by atoms with van der Waals surface area (Å²) in [6.07, 6.45) is 1.96. The maximum atomic E-state index is 11.6. The van der Waals surface area contributed by atoms with Crippen molar-refractivity contribution >= 4 is 11.6 Å². The standard InChI is InChI=1S/C14H22N2O/c1-5-11-8-7-9-12(6-2)14(11)15-10-13(17)16(3)4/h7-9,15H,5-6,10H2,1-4H3. The number of benzene rings is 1. The molecule has 1 aromatic rings. The minimum Gasteiger partial charge on any atom is -0.376 e. The van der Waals surface area contributed by atoms with Gasteiger partial charge in [0.2, 0.25) is 5.91 Å². The lowest BCUT2D eigenvalue weighted by Crippen LogP contribution is -2.29. The second-order valence-corrected chi connectivity index (χ2v) is 4.30. The number of rotatable bonds is 5. The highest BCUT2D eigenvalue weighted by Gasteiger charge is 2.08. The molecule has 94 valence electrons. The average molecular weight is 234 g/mol. The minimum atomic E-state index is 0.0953. The molecule has 0 aromatic heterocycles. The smallest absolute Gasteiger partial charge is 0.241 e. The van der Waals surface area contributed by atoms with Gasteiger partial charge in [-0.05, 0) is 24.0 Å². The third-order valence-corrected chi connectivity index (χ3v) is 2.91. The van der Waals surface area contributed by atoms with Crippen LogP contribution in [0.15, 0.2) is 18.2 Å². The molecule has 1 aromatic carbocycles. The van der Waals surface area contributed by atoms with Gasteiger partial charge in [-0.2, -0.15) is 0 Å². The number of carbonyl (C=O) groups excluding carboxylic acids is 1. The Morgan fingerprint density at radius 1 is 1.18 bits per heavy atom. The zero-order valence-corrected chi connectivity index (χ0v) is 11.2. The molecule has 0 aliphatic heterocycles. The fourth-order valence-corrected chi connectivity index (χ4v) is 1.79. The van der Waals surface area contributed by atoms with Gasteiger partial charge in [0.15, 0.2) is 0 Å². The zero-order chi connectivity index (χ0) is 12.8. The molecule has 0 saturated heterocycles. The van der Waals surface area contributed by atoms with Crippen LogP contribution in [0.4, 0.5) is 5.69 Å². The molecule has 0 aliphatic carbocycles. The number of aryl methyl sites for hydroxylation is 2. The summed E-state index contributed by atoms with van der Waals surface area (Å²) in [5.74, 6) is 0.0953. The Kier molecular flexibility index (Phi) is 5.01. The van der Waals surface area contributed by atoms with Gasteiger partial charge < -0.3 is 10.2 Å². The van der Waals surface area contributed by atoms with E-state index in [2.05, 4.69) is 37.4 Å². The minimum absolute atomic E-state index is 0.0953. The summed E-state index contributed by atoms with van der Waals surface area (Å²) in [4.78, 5) is 13.2. The van der Waals surface area contributed by atoms with Crippen molar-refractivity contribution < 1.29 is 4.79 Å². The summed E-state index contributed by atoms with van der Waals surface area (Å²) < 4.78 is 0. The van der Waals surface area contributed by atoms with Crippen LogP contribution in [0.1, 0.15) is 25.0 Å². The van der Waals surface area contributed by atoms with Crippen LogP contribution in [0.2, 0.25) is 0 Å². The van der Waals surface area contributed by atoms with Crippen molar-refractivity contribution in [3.05, 3.63) is 29.3 Å². The molecular formula is C14H22N2O. The predicted molar refractivity (Wildman–Crippen MR) is 72.4 cm³/mol. The lowest BCUT2D eigenvalue weighted by atomic mass is 10.0. The second kappa shape index (κ2) is 6.28. The number of likely N-dealkylation sites (N-methyl/N-ethyl adjacent to an activating group) is 1. The fraction of sp³-hybridized carbons (Fsp3) is 0.500. The molecule has 0 bridgehead atoms. The van der Waals surface area contributed by atoms with Gasteiger partial charge >= 0.3 is 0 Å². The fourth-order valence-electron chi connectivity index (χ4n) is 1.79. The Morgan fingerprint density at radius 2 is 1.71 bits per heavy atom. The molecule has 0 heterocycles. The number of anilines is 1. The normalized spacial score (nSPS) is 10.1. The third-order valence-electron chi connectivity index (χ3n) is 2.91. The van der Waals surface area contributed by atoms with E-state index in [1.807, 2.05) is 0 Å². The third kappa shape index (κ3) is 3.48. The molecule has 17 heavy (non-hydrogen) atoms. The van der Waals surface area contributed by atoms with Crippen molar-refractivity contribution in [2.75, 3.05) is 26.0 Å². The van der Waals surface area contributed by atoms with E-state index >= 15 is 0 Å². The van der Waals surface area contributed by atoms with E-state index in [1.54, 1.807) is 19.0 Å². The highest BCUT2D eigenvalue weighted by Crippen LogP contribution is 2.22. The molecule has 0 aliphatic rings. The van der Waals surface area contributed by atoms with E-state index in [1.165, 1.54) is 11.1 Å². The number of nitrogens with one attached hydrogen (secondary N) is 1. The summed E-state index contributed by atoms with van der Waals surface area (Å²) in [6.45, 7) is 4.62. The van der Waals surface area contributed by atoms with Crippen LogP contribution in [0.3, 0.4) is 0 Å². The van der Waals surface area contributed by atoms with Crippen LogP contribution in [-0.2, 0) is 17.6 Å². The van der Waals surface area contributed by atoms with Gasteiger partial charge in [0.1, 0.15) is 0 Å². The first-order valence-corrected chi connectivity index (χ1v) is 6.14. The molecule has 3 heteroatoms. The van der Waals surface area contributed by atoms with E-state index < -0.39 is 0 Å². The Bertz CT molecular complexity index is 364. The summed E-state index contributed by atoms with van der Waals surface area (Å²) in [6, 6.07) is 6.31. The monoisotopic (exact) mass is 234 g/mol. The van der Waals surface area contributed by atoms with E-state index in [0.717, 1.165) is 18.5 Å². The summed E-state index contributed by atoms with van der Waals surface area (Å²) in [5.41, 5.74) is 3.68. The molecule has 1 rings (SSSR count). The molecule has 1 N–H and O–H groups in total. The molecule has 1 amide bonds. The van der Waals surface area contributed by atoms with Gasteiger partial charge in [-0.3, -0.25) is 4.79 Å². The number of para-hydroxylation sites is 1. The molecule has 0 unspecified atom stereocenters. The van der Waals surface area contributed by atoms with Gasteiger partial charge in [0, 0.05) is 19.8 Å². The largest absolute Gasteiger partial charge is 0.376 e. The Labute approximate surface area is 104 Å². The number of amides is 1. The van der Waals surface area contributed by atoms with Gasteiger partial charge in [-0.25, -0.2) is 0 Å². The quantitative estimate of drug-likeness (QED) is 0.848. The van der Waals surface area contributed by atoms with Gasteiger partial charge in [0.25, 0.3) is 0 Å². The van der Waals surface area contributed by atoms with Crippen molar-refractivity contribution in [3.8, 4) is 0 Å². The van der Waals surface area contributed by atoms with Crippen molar-refractivity contribution in [2.24, 2.45) is 0 Å². The molecule has 0 saturated carbocycles. The maximum Gasteiger partial charge on any atom is 0.241 e. The lowest BCUT2D eigenvalue weighted by molar-refractivity contribution is -0.126. The predicted octanol–water partition coefficient (Wildman–Crippen LogP) is 2.31. The van der Waals surface area contributed by atoms with E-state index in [4.69, 9.17) is 0 Å². The van der Waals surface area contributed by atoms with Gasteiger partial charge in [-0.15, -0.1) is 0 Å². The highest BCUT2D eigenvalue weighted by molar-refractivity contribution is 5.81. The molecular weight excluding hydrogens is 212 g/mol. The van der Waals surface area contributed by atoms with Crippen LogP contribution in [0.25, 0.3) is 0 Å². The summed E-state index contributed by atoms with van der Waals surface area (Å²) >= 11 is 0. The van der Waals surface area contributed by atoms with Crippen molar-refractivity contribution in [3.63, 3.8) is 0 Å². The first kappa shape index (κ1) is 13.6. The van der Waals surface area contributed by atoms with Crippen LogP contribution < -0.4 is 5.32 Å². The molecule has 0 radical (unpaired) electrons. The average Bonchev–Trinajstić information content (AvgIpc) is 2.34. The first-order chi connectivity index (χ1) is 8.10. The van der Waals surface area contributed by atoms with E-state index in [0.29, 0.717) is 6.54 Å². The number of hydrogen-bond donors (Lipinski definition) is 1. The van der Waals surface area contributed by atoms with Crippen molar-refractivity contribution in [1.29, 1.82) is 0 Å². The molecule has 0 atom stereocenters. The highest BCUT2D eigenvalue weighted by atomic mass is 16.2. The topological polar surface area (TPSA) is 32.3 Å². The van der Waals surface area contributed by atoms with Crippen LogP contribution in [-0.4, -0.2) is 31.4 Å².